The van der Waals surface area contributed by atoms with Gasteiger partial charge in [-0.1, -0.05) is 24.3 Å². The molecule has 4 rings (SSSR count). The molecule has 29 heavy (non-hydrogen) atoms. The Morgan fingerprint density at radius 3 is 2.69 bits per heavy atom. The molecule has 2 heterocycles. The van der Waals surface area contributed by atoms with Crippen molar-refractivity contribution in [1.29, 1.82) is 0 Å². The fourth-order valence-corrected chi connectivity index (χ4v) is 3.44. The Balaban J connectivity index is 1.77. The van der Waals surface area contributed by atoms with Crippen LogP contribution in [0.3, 0.4) is 0 Å². The summed E-state index contributed by atoms with van der Waals surface area (Å²) in [5.74, 6) is 6.85. The van der Waals surface area contributed by atoms with E-state index in [-0.39, 0.29) is 11.2 Å². The number of anilines is 2. The molecular weight excluding hydrogens is 370 g/mol. The lowest BCUT2D eigenvalue weighted by Crippen LogP contribution is -2.37. The van der Waals surface area contributed by atoms with Gasteiger partial charge in [-0.05, 0) is 18.2 Å². The van der Waals surface area contributed by atoms with E-state index in [2.05, 4.69) is 9.88 Å². The molecular formula is C21H23N5O3. The third kappa shape index (κ3) is 3.75. The molecule has 1 saturated heterocycles. The zero-order chi connectivity index (χ0) is 20.4. The Bertz CT molecular complexity index is 1120. The van der Waals surface area contributed by atoms with Gasteiger partial charge in [-0.3, -0.25) is 9.80 Å². The predicted octanol–water partition coefficient (Wildman–Crippen LogP) is 1.71. The molecule has 8 nitrogen and oxygen atoms in total. The number of fused-ring (bicyclic) bond motifs is 1. The number of morpholine rings is 1. The van der Waals surface area contributed by atoms with Crippen LogP contribution in [0.25, 0.3) is 16.6 Å². The van der Waals surface area contributed by atoms with Crippen LogP contribution in [0.1, 0.15) is 5.56 Å². The van der Waals surface area contributed by atoms with Gasteiger partial charge >= 0.3 is 0 Å². The van der Waals surface area contributed by atoms with Crippen LogP contribution in [0, 0.1) is 0 Å². The van der Waals surface area contributed by atoms with Gasteiger partial charge < -0.3 is 25.5 Å². The summed E-state index contributed by atoms with van der Waals surface area (Å²) in [6, 6.07) is 13.7. The number of hydrazine groups is 1. The average molecular weight is 393 g/mol. The fraction of sp³-hybridized carbons (Fsp3) is 0.190. The maximum Gasteiger partial charge on any atom is 0.191 e. The molecule has 8 heteroatoms. The largest absolute Gasteiger partial charge is 0.506 e. The standard InChI is InChI=1S/C21H23N5O3/c22-16(13-26(23)17-6-1-2-7-18(17)27)14-4-3-5-15-19(28)12-20(24-21(14)15)25-8-10-29-11-9-25/h1-7,12-13,27H,8-11,22-23H2,(H,24,28)/b16-13-. The lowest BCUT2D eigenvalue weighted by atomic mass is 10.1. The van der Waals surface area contributed by atoms with Gasteiger partial charge in [-0.2, -0.15) is 0 Å². The molecule has 0 saturated carbocycles. The van der Waals surface area contributed by atoms with Gasteiger partial charge in [0.15, 0.2) is 5.43 Å². The number of nitrogens with zero attached hydrogens (tertiary/aromatic N) is 2. The molecule has 1 aliphatic heterocycles. The fourth-order valence-electron chi connectivity index (χ4n) is 3.44. The highest BCUT2D eigenvalue weighted by Gasteiger charge is 2.15. The van der Waals surface area contributed by atoms with E-state index in [9.17, 15) is 9.90 Å². The quantitative estimate of drug-likeness (QED) is 0.393. The number of hydrogen-bond donors (Lipinski definition) is 4. The number of pyridine rings is 1. The number of phenolic OH excluding ortho intramolecular Hbond substituents is 1. The first-order valence-electron chi connectivity index (χ1n) is 9.33. The van der Waals surface area contributed by atoms with Crippen molar-refractivity contribution in [3.63, 3.8) is 0 Å². The summed E-state index contributed by atoms with van der Waals surface area (Å²) in [7, 11) is 0. The lowest BCUT2D eigenvalue weighted by molar-refractivity contribution is 0.122. The molecule has 6 N–H and O–H groups in total. The monoisotopic (exact) mass is 393 g/mol. The van der Waals surface area contributed by atoms with Crippen LogP contribution in [-0.2, 0) is 4.74 Å². The van der Waals surface area contributed by atoms with Crippen molar-refractivity contribution < 1.29 is 9.84 Å². The number of aromatic nitrogens is 1. The first-order chi connectivity index (χ1) is 14.0. The van der Waals surface area contributed by atoms with Crippen molar-refractivity contribution in [1.82, 2.24) is 4.98 Å². The van der Waals surface area contributed by atoms with Crippen LogP contribution >= 0.6 is 0 Å². The number of rotatable bonds is 4. The normalized spacial score (nSPS) is 14.9. The second-order valence-corrected chi connectivity index (χ2v) is 6.83. The molecule has 2 aromatic carbocycles. The van der Waals surface area contributed by atoms with Crippen LogP contribution in [0.5, 0.6) is 5.75 Å². The molecule has 1 aromatic heterocycles. The first kappa shape index (κ1) is 18.9. The van der Waals surface area contributed by atoms with Crippen LogP contribution in [0.15, 0.2) is 59.5 Å². The van der Waals surface area contributed by atoms with Crippen molar-refractivity contribution in [2.24, 2.45) is 11.6 Å². The number of hydrogen-bond acceptors (Lipinski definition) is 7. The number of nitrogens with two attached hydrogens (primary N) is 2. The molecule has 0 atom stereocenters. The number of ether oxygens (including phenoxy) is 1. The molecule has 1 fully saturated rings. The summed E-state index contributed by atoms with van der Waals surface area (Å²) in [5, 5.41) is 11.8. The van der Waals surface area contributed by atoms with E-state index in [1.54, 1.807) is 42.5 Å². The molecule has 0 unspecified atom stereocenters. The van der Waals surface area contributed by atoms with Crippen LogP contribution in [-0.4, -0.2) is 36.4 Å². The van der Waals surface area contributed by atoms with Crippen LogP contribution in [0.4, 0.5) is 11.5 Å². The van der Waals surface area contributed by atoms with Crippen molar-refractivity contribution in [2.45, 2.75) is 0 Å². The van der Waals surface area contributed by atoms with Gasteiger partial charge in [-0.25, -0.2) is 5.84 Å². The topological polar surface area (TPSA) is 121 Å². The molecule has 0 aliphatic carbocycles. The summed E-state index contributed by atoms with van der Waals surface area (Å²) < 4.78 is 5.39. The molecule has 0 amide bonds. The minimum absolute atomic E-state index is 0.0416. The van der Waals surface area contributed by atoms with Crippen molar-refractivity contribution in [3.8, 4) is 5.75 Å². The van der Waals surface area contributed by atoms with Crippen molar-refractivity contribution >= 4 is 28.1 Å². The maximum atomic E-state index is 12.7. The zero-order valence-electron chi connectivity index (χ0n) is 15.8. The first-order valence-corrected chi connectivity index (χ1v) is 9.33. The molecule has 3 aromatic rings. The second-order valence-electron chi connectivity index (χ2n) is 6.83. The smallest absolute Gasteiger partial charge is 0.191 e. The summed E-state index contributed by atoms with van der Waals surface area (Å²) in [6.45, 7) is 2.65. The lowest BCUT2D eigenvalue weighted by Gasteiger charge is -2.28. The maximum absolute atomic E-state index is 12.7. The van der Waals surface area contributed by atoms with Crippen molar-refractivity contribution in [2.75, 3.05) is 36.2 Å². The number of benzene rings is 2. The van der Waals surface area contributed by atoms with E-state index in [4.69, 9.17) is 16.3 Å². The van der Waals surface area contributed by atoms with Gasteiger partial charge in [0.2, 0.25) is 0 Å². The highest BCUT2D eigenvalue weighted by atomic mass is 16.5. The van der Waals surface area contributed by atoms with E-state index >= 15 is 0 Å². The Kier molecular flexibility index (Phi) is 5.11. The SMILES string of the molecule is N/C(=C\N(N)c1ccccc1O)c1cccc2c(=O)cc(N3CCOCC3)[nH]c12. The highest BCUT2D eigenvalue weighted by molar-refractivity contribution is 5.91. The number of H-pyrrole nitrogens is 1. The summed E-state index contributed by atoms with van der Waals surface area (Å²) in [6.07, 6.45) is 1.52. The minimum Gasteiger partial charge on any atom is -0.506 e. The Morgan fingerprint density at radius 1 is 1.17 bits per heavy atom. The molecule has 0 spiro atoms. The van der Waals surface area contributed by atoms with Gasteiger partial charge in [0, 0.05) is 36.3 Å². The number of aromatic amines is 1. The van der Waals surface area contributed by atoms with E-state index < -0.39 is 0 Å². The van der Waals surface area contributed by atoms with E-state index in [0.717, 1.165) is 5.82 Å². The Morgan fingerprint density at radius 2 is 1.93 bits per heavy atom. The van der Waals surface area contributed by atoms with Gasteiger partial charge in [0.05, 0.1) is 30.1 Å². The number of nitrogens with one attached hydrogen (secondary N) is 1. The molecule has 1 aliphatic rings. The van der Waals surface area contributed by atoms with Crippen LogP contribution < -0.4 is 26.9 Å². The Hall–Kier alpha value is -3.49. The number of para-hydroxylation sites is 3. The highest BCUT2D eigenvalue weighted by Crippen LogP contribution is 2.27. The van der Waals surface area contributed by atoms with Crippen LogP contribution in [0.2, 0.25) is 0 Å². The third-order valence-corrected chi connectivity index (χ3v) is 4.95. The van der Waals surface area contributed by atoms with Crippen molar-refractivity contribution in [3.05, 3.63) is 70.5 Å². The van der Waals surface area contributed by atoms with E-state index in [1.807, 2.05) is 6.07 Å². The Labute approximate surface area is 167 Å². The van der Waals surface area contributed by atoms with Gasteiger partial charge in [0.25, 0.3) is 0 Å². The summed E-state index contributed by atoms with van der Waals surface area (Å²) in [4.78, 5) is 18.1. The number of phenols is 1. The number of aromatic hydroxyl groups is 1. The predicted molar refractivity (Wildman–Crippen MR) is 115 cm³/mol. The molecule has 0 bridgehead atoms. The van der Waals surface area contributed by atoms with E-state index in [0.29, 0.717) is 54.2 Å². The second kappa shape index (κ2) is 7.86. The molecule has 0 radical (unpaired) electrons. The average Bonchev–Trinajstić information content (AvgIpc) is 2.74. The van der Waals surface area contributed by atoms with E-state index in [1.165, 1.54) is 11.2 Å². The van der Waals surface area contributed by atoms with Gasteiger partial charge in [0.1, 0.15) is 11.6 Å². The minimum atomic E-state index is -0.0831. The summed E-state index contributed by atoms with van der Waals surface area (Å²) in [5.41, 5.74) is 8.31. The summed E-state index contributed by atoms with van der Waals surface area (Å²) >= 11 is 0. The third-order valence-electron chi connectivity index (χ3n) is 4.95. The zero-order valence-corrected chi connectivity index (χ0v) is 15.8. The molecule has 150 valence electrons. The van der Waals surface area contributed by atoms with Gasteiger partial charge in [-0.15, -0.1) is 0 Å².